The lowest BCUT2D eigenvalue weighted by Gasteiger charge is -2.39. The first kappa shape index (κ1) is 23.3. The normalized spacial score (nSPS) is 24.1. The van der Waals surface area contributed by atoms with Crippen molar-refractivity contribution in [2.75, 3.05) is 5.32 Å². The number of benzene rings is 1. The third-order valence-corrected chi connectivity index (χ3v) is 7.86. The Bertz CT molecular complexity index is 1260. The predicted molar refractivity (Wildman–Crippen MR) is 133 cm³/mol. The van der Waals surface area contributed by atoms with E-state index in [0.29, 0.717) is 55.0 Å². The fourth-order valence-electron chi connectivity index (χ4n) is 5.07. The molecule has 3 aromatic rings. The van der Waals surface area contributed by atoms with Crippen molar-refractivity contribution in [1.29, 1.82) is 5.26 Å². The van der Waals surface area contributed by atoms with Crippen LogP contribution in [0.15, 0.2) is 48.8 Å². The summed E-state index contributed by atoms with van der Waals surface area (Å²) in [7, 11) is 0. The van der Waals surface area contributed by atoms with E-state index in [1.54, 1.807) is 23.1 Å². The molecule has 0 atom stereocenters. The van der Waals surface area contributed by atoms with Crippen LogP contribution in [0.4, 0.5) is 5.69 Å². The molecule has 2 saturated carbocycles. The van der Waals surface area contributed by atoms with Crippen LogP contribution in [0.5, 0.6) is 0 Å². The van der Waals surface area contributed by atoms with Crippen LogP contribution in [0.25, 0.3) is 5.69 Å². The summed E-state index contributed by atoms with van der Waals surface area (Å²) in [6.07, 6.45) is 8.73. The van der Waals surface area contributed by atoms with Crippen LogP contribution in [0.3, 0.4) is 0 Å². The standard InChI is InChI=1S/C28H31N5O2/c1-3-28(35)14-12-27(18-29,13-15-28)25-11-8-22(16-30-25)32-26(34)24-17-31-33(19(24)2)23-9-6-21(7-10-23)20-4-5-20/h6-11,16-17,20,35H,3-5,12-15H2,1-2H3,(H,32,34). The Morgan fingerprint density at radius 1 is 1.14 bits per heavy atom. The number of carbonyl (C=O) groups is 1. The van der Waals surface area contributed by atoms with E-state index in [1.807, 2.05) is 19.9 Å². The fraction of sp³-hybridized carbons (Fsp3) is 0.429. The van der Waals surface area contributed by atoms with Gasteiger partial charge in [0.05, 0.1) is 57.8 Å². The lowest BCUT2D eigenvalue weighted by atomic mass is 9.67. The molecule has 2 aliphatic carbocycles. The number of hydrogen-bond donors (Lipinski definition) is 2. The Labute approximate surface area is 205 Å². The molecule has 35 heavy (non-hydrogen) atoms. The van der Waals surface area contributed by atoms with Gasteiger partial charge in [-0.1, -0.05) is 19.1 Å². The highest BCUT2D eigenvalue weighted by molar-refractivity contribution is 6.04. The molecule has 0 aliphatic heterocycles. The molecule has 2 aromatic heterocycles. The quantitative estimate of drug-likeness (QED) is 0.518. The van der Waals surface area contributed by atoms with E-state index in [0.717, 1.165) is 11.4 Å². The predicted octanol–water partition coefficient (Wildman–Crippen LogP) is 5.18. The molecule has 0 unspecified atom stereocenters. The SMILES string of the molecule is CCC1(O)CCC(C#N)(c2ccc(NC(=O)c3cnn(-c4ccc(C5CC5)cc4)c3C)cn2)CC1. The monoisotopic (exact) mass is 469 g/mol. The zero-order chi connectivity index (χ0) is 24.6. The molecule has 7 nitrogen and oxygen atoms in total. The molecule has 0 saturated heterocycles. The number of amides is 1. The molecule has 5 rings (SSSR count). The summed E-state index contributed by atoms with van der Waals surface area (Å²) in [5.41, 5.74) is 3.43. The minimum Gasteiger partial charge on any atom is -0.390 e. The first-order valence-corrected chi connectivity index (χ1v) is 12.4. The van der Waals surface area contributed by atoms with Gasteiger partial charge >= 0.3 is 0 Å². The average molecular weight is 470 g/mol. The van der Waals surface area contributed by atoms with Crippen molar-refractivity contribution in [1.82, 2.24) is 14.8 Å². The van der Waals surface area contributed by atoms with Crippen LogP contribution in [-0.4, -0.2) is 31.4 Å². The van der Waals surface area contributed by atoms with E-state index >= 15 is 0 Å². The molecule has 2 heterocycles. The summed E-state index contributed by atoms with van der Waals surface area (Å²) in [5.74, 6) is 0.448. The van der Waals surface area contributed by atoms with E-state index in [-0.39, 0.29) is 5.91 Å². The lowest BCUT2D eigenvalue weighted by molar-refractivity contribution is -0.0124. The molecule has 2 aliphatic rings. The molecule has 0 bridgehead atoms. The Morgan fingerprint density at radius 2 is 1.86 bits per heavy atom. The molecule has 1 amide bonds. The average Bonchev–Trinajstić information content (AvgIpc) is 3.67. The van der Waals surface area contributed by atoms with Crippen LogP contribution >= 0.6 is 0 Å². The third-order valence-electron chi connectivity index (χ3n) is 7.86. The number of anilines is 1. The van der Waals surface area contributed by atoms with E-state index in [9.17, 15) is 15.2 Å². The molecule has 1 aromatic carbocycles. The molecule has 2 N–H and O–H groups in total. The van der Waals surface area contributed by atoms with Crippen molar-refractivity contribution >= 4 is 11.6 Å². The van der Waals surface area contributed by atoms with Gasteiger partial charge in [0.1, 0.15) is 0 Å². The highest BCUT2D eigenvalue weighted by Gasteiger charge is 2.43. The minimum absolute atomic E-state index is 0.251. The molecular weight excluding hydrogens is 438 g/mol. The third kappa shape index (κ3) is 4.46. The summed E-state index contributed by atoms with van der Waals surface area (Å²) >= 11 is 0. The number of rotatable bonds is 6. The van der Waals surface area contributed by atoms with Crippen molar-refractivity contribution in [3.63, 3.8) is 0 Å². The number of nitrogens with zero attached hydrogens (tertiary/aromatic N) is 4. The summed E-state index contributed by atoms with van der Waals surface area (Å²) in [6.45, 7) is 3.86. The van der Waals surface area contributed by atoms with Gasteiger partial charge in [-0.3, -0.25) is 9.78 Å². The van der Waals surface area contributed by atoms with Crippen LogP contribution in [0.2, 0.25) is 0 Å². The summed E-state index contributed by atoms with van der Waals surface area (Å²) in [5, 5.41) is 27.8. The number of pyridine rings is 1. The van der Waals surface area contributed by atoms with Gasteiger partial charge in [-0.15, -0.1) is 0 Å². The molecule has 180 valence electrons. The van der Waals surface area contributed by atoms with Crippen LogP contribution in [0.1, 0.15) is 85.1 Å². The van der Waals surface area contributed by atoms with Crippen molar-refractivity contribution in [2.45, 2.75) is 75.7 Å². The van der Waals surface area contributed by atoms with Gasteiger partial charge in [0.2, 0.25) is 0 Å². The summed E-state index contributed by atoms with van der Waals surface area (Å²) < 4.78 is 1.78. The molecular formula is C28H31N5O2. The van der Waals surface area contributed by atoms with Crippen molar-refractivity contribution in [2.24, 2.45) is 0 Å². The van der Waals surface area contributed by atoms with Gasteiger partial charge in [-0.2, -0.15) is 10.4 Å². The molecule has 0 spiro atoms. The Morgan fingerprint density at radius 3 is 2.43 bits per heavy atom. The van der Waals surface area contributed by atoms with Crippen molar-refractivity contribution in [3.8, 4) is 11.8 Å². The van der Waals surface area contributed by atoms with Gasteiger partial charge in [-0.25, -0.2) is 4.68 Å². The van der Waals surface area contributed by atoms with E-state index in [2.05, 4.69) is 45.7 Å². The maximum atomic E-state index is 13.0. The van der Waals surface area contributed by atoms with Gasteiger partial charge in [0.25, 0.3) is 5.91 Å². The Balaban J connectivity index is 1.28. The summed E-state index contributed by atoms with van der Waals surface area (Å²) in [6, 6.07) is 14.4. The largest absolute Gasteiger partial charge is 0.390 e. The van der Waals surface area contributed by atoms with Crippen LogP contribution < -0.4 is 5.32 Å². The maximum absolute atomic E-state index is 13.0. The Kier molecular flexibility index (Phi) is 5.94. The number of nitriles is 1. The van der Waals surface area contributed by atoms with E-state index < -0.39 is 11.0 Å². The molecule has 2 fully saturated rings. The highest BCUT2D eigenvalue weighted by atomic mass is 16.3. The maximum Gasteiger partial charge on any atom is 0.259 e. The second-order valence-electron chi connectivity index (χ2n) is 10.1. The second-order valence-corrected chi connectivity index (χ2v) is 10.1. The molecule has 7 heteroatoms. The van der Waals surface area contributed by atoms with Crippen molar-refractivity contribution in [3.05, 3.63) is 71.3 Å². The first-order chi connectivity index (χ1) is 16.9. The van der Waals surface area contributed by atoms with Gasteiger partial charge in [0, 0.05) is 0 Å². The first-order valence-electron chi connectivity index (χ1n) is 12.4. The zero-order valence-corrected chi connectivity index (χ0v) is 20.3. The van der Waals surface area contributed by atoms with Crippen LogP contribution in [-0.2, 0) is 5.41 Å². The number of hydrogen-bond acceptors (Lipinski definition) is 5. The van der Waals surface area contributed by atoms with Crippen LogP contribution in [0, 0.1) is 18.3 Å². The van der Waals surface area contributed by atoms with E-state index in [1.165, 1.54) is 18.4 Å². The number of carbonyl (C=O) groups excluding carboxylic acids is 1. The number of aliphatic hydroxyl groups is 1. The topological polar surface area (TPSA) is 104 Å². The smallest absolute Gasteiger partial charge is 0.259 e. The van der Waals surface area contributed by atoms with Gasteiger partial charge in [0.15, 0.2) is 0 Å². The van der Waals surface area contributed by atoms with Gasteiger partial charge < -0.3 is 10.4 Å². The molecule has 0 radical (unpaired) electrons. The number of aromatic nitrogens is 3. The minimum atomic E-state index is -0.698. The fourth-order valence-corrected chi connectivity index (χ4v) is 5.07. The van der Waals surface area contributed by atoms with Gasteiger partial charge in [-0.05, 0) is 87.6 Å². The number of nitrogens with one attached hydrogen (secondary N) is 1. The highest BCUT2D eigenvalue weighted by Crippen LogP contribution is 2.43. The van der Waals surface area contributed by atoms with Crippen molar-refractivity contribution < 1.29 is 9.90 Å². The zero-order valence-electron chi connectivity index (χ0n) is 20.3. The van der Waals surface area contributed by atoms with E-state index in [4.69, 9.17) is 0 Å². The Hall–Kier alpha value is -3.50. The second kappa shape index (κ2) is 8.94. The summed E-state index contributed by atoms with van der Waals surface area (Å²) in [4.78, 5) is 17.5. The lowest BCUT2D eigenvalue weighted by Crippen LogP contribution is -2.40.